The van der Waals surface area contributed by atoms with Gasteiger partial charge >= 0.3 is 0 Å². The van der Waals surface area contributed by atoms with Crippen LogP contribution >= 0.6 is 6.12 Å². The van der Waals surface area contributed by atoms with Crippen molar-refractivity contribution in [1.29, 1.82) is 0 Å². The van der Waals surface area contributed by atoms with Gasteiger partial charge in [0, 0.05) is 0 Å². The van der Waals surface area contributed by atoms with Gasteiger partial charge in [0.25, 0.3) is 0 Å². The molecule has 2 nitrogen and oxygen atoms in total. The minimum atomic E-state index is -2.81. The normalized spacial score (nSPS) is 11.3. The maximum Gasteiger partial charge on any atom is 0.176 e. The van der Waals surface area contributed by atoms with Crippen LogP contribution in [0.15, 0.2) is 36.4 Å². The van der Waals surface area contributed by atoms with Crippen LogP contribution in [0.5, 0.6) is 11.5 Å². The third-order valence-corrected chi connectivity index (χ3v) is 5.27. The average molecular weight is 337 g/mol. The molecule has 21 heavy (non-hydrogen) atoms. The number of hydrogen-bond acceptors (Lipinski definition) is 4. The molecule has 0 amide bonds. The first-order valence-electron chi connectivity index (χ1n) is 6.63. The van der Waals surface area contributed by atoms with Crippen LogP contribution in [0.1, 0.15) is 22.3 Å². The van der Waals surface area contributed by atoms with Gasteiger partial charge in [-0.1, -0.05) is 24.3 Å². The van der Waals surface area contributed by atoms with E-state index < -0.39 is 6.12 Å². The Balaban J connectivity index is 2.22. The molecule has 0 fully saturated rings. The van der Waals surface area contributed by atoms with Crippen LogP contribution in [0.25, 0.3) is 0 Å². The Morgan fingerprint density at radius 3 is 1.48 bits per heavy atom. The van der Waals surface area contributed by atoms with E-state index in [9.17, 15) is 0 Å². The van der Waals surface area contributed by atoms with Crippen LogP contribution in [0.2, 0.25) is 0 Å². The van der Waals surface area contributed by atoms with Crippen LogP contribution in [0, 0.1) is 27.7 Å². The highest BCUT2D eigenvalue weighted by Crippen LogP contribution is 2.57. The first-order valence-corrected chi connectivity index (χ1v) is 10.3. The monoisotopic (exact) mass is 337 g/mol. The van der Waals surface area contributed by atoms with Crippen LogP contribution in [0.3, 0.4) is 0 Å². The molecule has 0 aromatic heterocycles. The van der Waals surface area contributed by atoms with Gasteiger partial charge in [0.1, 0.15) is 6.12 Å². The summed E-state index contributed by atoms with van der Waals surface area (Å²) in [5, 5.41) is 0. The molecular formula is C16H18O2PS2-. The topological polar surface area (TPSA) is 18.5 Å². The highest BCUT2D eigenvalue weighted by atomic mass is 33.1. The Morgan fingerprint density at radius 1 is 0.714 bits per heavy atom. The molecule has 5 heteroatoms. The van der Waals surface area contributed by atoms with Crippen LogP contribution in [0.4, 0.5) is 0 Å². The molecule has 0 heterocycles. The SMILES string of the molecule is Cc1cccc(O[P+]([S-])([S-])Oc2cccc(C)c2C)c1C. The van der Waals surface area contributed by atoms with E-state index in [0.717, 1.165) is 22.3 Å². The van der Waals surface area contributed by atoms with E-state index in [0.29, 0.717) is 11.5 Å². The van der Waals surface area contributed by atoms with Gasteiger partial charge in [-0.05, 0) is 62.1 Å². The van der Waals surface area contributed by atoms with Crippen molar-refractivity contribution in [2.45, 2.75) is 27.7 Å². The fourth-order valence-corrected chi connectivity index (χ4v) is 3.78. The van der Waals surface area contributed by atoms with Gasteiger partial charge in [-0.15, -0.1) is 0 Å². The van der Waals surface area contributed by atoms with Gasteiger partial charge in [-0.3, -0.25) is 0 Å². The quantitative estimate of drug-likeness (QED) is 0.567. The maximum absolute atomic E-state index is 5.83. The van der Waals surface area contributed by atoms with E-state index in [-0.39, 0.29) is 0 Å². The molecule has 2 rings (SSSR count). The molecule has 0 atom stereocenters. The van der Waals surface area contributed by atoms with E-state index in [1.54, 1.807) is 0 Å². The van der Waals surface area contributed by atoms with Crippen molar-refractivity contribution in [1.82, 2.24) is 0 Å². The second kappa shape index (κ2) is 6.51. The third-order valence-electron chi connectivity index (χ3n) is 3.53. The van der Waals surface area contributed by atoms with Gasteiger partial charge in [0.05, 0.1) is 0 Å². The van der Waals surface area contributed by atoms with E-state index >= 15 is 0 Å². The number of rotatable bonds is 4. The van der Waals surface area contributed by atoms with Crippen molar-refractivity contribution in [3.8, 4) is 11.5 Å². The predicted octanol–water partition coefficient (Wildman–Crippen LogP) is 5.15. The first-order chi connectivity index (χ1) is 9.80. The van der Waals surface area contributed by atoms with Crippen molar-refractivity contribution in [2.75, 3.05) is 0 Å². The summed E-state index contributed by atoms with van der Waals surface area (Å²) in [5.74, 6) is 1.41. The lowest BCUT2D eigenvalue weighted by Gasteiger charge is -2.35. The highest BCUT2D eigenvalue weighted by Gasteiger charge is 2.18. The van der Waals surface area contributed by atoms with Crippen molar-refractivity contribution >= 4 is 30.6 Å². The molecule has 0 saturated carbocycles. The number of benzene rings is 2. The molecule has 112 valence electrons. The molecule has 0 radical (unpaired) electrons. The second-order valence-corrected chi connectivity index (χ2v) is 9.86. The molecule has 0 N–H and O–H groups in total. The largest absolute Gasteiger partial charge is 0.496 e. The van der Waals surface area contributed by atoms with Crippen LogP contribution in [-0.4, -0.2) is 0 Å². The molecule has 0 bridgehead atoms. The van der Waals surface area contributed by atoms with Crippen molar-refractivity contribution in [3.05, 3.63) is 58.7 Å². The zero-order valence-corrected chi connectivity index (χ0v) is 15.1. The van der Waals surface area contributed by atoms with Crippen LogP contribution < -0.4 is 9.05 Å². The Labute approximate surface area is 137 Å². The number of hydrogen-bond donors (Lipinski definition) is 0. The predicted molar refractivity (Wildman–Crippen MR) is 94.7 cm³/mol. The third kappa shape index (κ3) is 4.09. The molecule has 0 unspecified atom stereocenters. The minimum absolute atomic E-state index is 0.707. The Morgan fingerprint density at radius 2 is 1.10 bits per heavy atom. The Kier molecular flexibility index (Phi) is 5.13. The summed E-state index contributed by atoms with van der Waals surface area (Å²) in [6, 6.07) is 11.7. The molecule has 0 aliphatic carbocycles. The standard InChI is InChI=1S/C16H19O2PS2/c1-11-7-5-9-15(13(11)3)17-19(20,21)18-16-10-6-8-12(2)14(16)4/h5-10H,1-4H3,(H,20,21)/p-1. The summed E-state index contributed by atoms with van der Waals surface area (Å²) in [7, 11) is 0. The summed E-state index contributed by atoms with van der Waals surface area (Å²) >= 11 is 10.8. The van der Waals surface area contributed by atoms with E-state index in [1.807, 2.05) is 64.1 Å². The molecule has 2 aromatic carbocycles. The summed E-state index contributed by atoms with van der Waals surface area (Å²) in [4.78, 5) is 0. The van der Waals surface area contributed by atoms with Crippen molar-refractivity contribution in [2.24, 2.45) is 0 Å². The lowest BCUT2D eigenvalue weighted by molar-refractivity contribution is 0.498. The molecule has 2 aromatic rings. The first kappa shape index (κ1) is 16.5. The maximum atomic E-state index is 5.83. The smallest absolute Gasteiger partial charge is 0.176 e. The number of aryl methyl sites for hydroxylation is 2. The highest BCUT2D eigenvalue weighted by molar-refractivity contribution is 8.70. The lowest BCUT2D eigenvalue weighted by Crippen LogP contribution is -2.05. The Hall–Kier alpha value is -0.830. The van der Waals surface area contributed by atoms with Gasteiger partial charge in [0.2, 0.25) is 0 Å². The summed E-state index contributed by atoms with van der Waals surface area (Å²) < 4.78 is 11.7. The van der Waals surface area contributed by atoms with Gasteiger partial charge in [-0.2, -0.15) is 0 Å². The van der Waals surface area contributed by atoms with Crippen molar-refractivity contribution < 1.29 is 9.05 Å². The summed E-state index contributed by atoms with van der Waals surface area (Å²) in [5.41, 5.74) is 4.37. The van der Waals surface area contributed by atoms with Gasteiger partial charge < -0.3 is 33.5 Å². The summed E-state index contributed by atoms with van der Waals surface area (Å²) in [6.07, 6.45) is -2.81. The van der Waals surface area contributed by atoms with Gasteiger partial charge in [-0.25, -0.2) is 0 Å². The molecule has 0 aliphatic heterocycles. The van der Waals surface area contributed by atoms with Crippen molar-refractivity contribution in [3.63, 3.8) is 0 Å². The lowest BCUT2D eigenvalue weighted by atomic mass is 10.1. The van der Waals surface area contributed by atoms with E-state index in [1.165, 1.54) is 0 Å². The van der Waals surface area contributed by atoms with E-state index in [4.69, 9.17) is 33.5 Å². The zero-order valence-electron chi connectivity index (χ0n) is 12.5. The second-order valence-electron chi connectivity index (χ2n) is 5.03. The summed E-state index contributed by atoms with van der Waals surface area (Å²) in [6.45, 7) is 8.04. The Bertz CT molecular complexity index is 601. The molecule has 0 spiro atoms. The zero-order chi connectivity index (χ0) is 15.6. The van der Waals surface area contributed by atoms with Crippen LogP contribution in [-0.2, 0) is 24.5 Å². The minimum Gasteiger partial charge on any atom is -0.496 e. The van der Waals surface area contributed by atoms with Gasteiger partial charge in [0.15, 0.2) is 11.5 Å². The fourth-order valence-electron chi connectivity index (χ4n) is 1.91. The van der Waals surface area contributed by atoms with E-state index in [2.05, 4.69) is 0 Å². The molecular weight excluding hydrogens is 319 g/mol. The molecule has 0 saturated heterocycles. The fraction of sp³-hybridized carbons (Fsp3) is 0.250. The average Bonchev–Trinajstić information content (AvgIpc) is 2.40. The molecule has 0 aliphatic rings.